The predicted molar refractivity (Wildman–Crippen MR) is 93.6 cm³/mol. The normalized spacial score (nSPS) is 10.0. The van der Waals surface area contributed by atoms with Gasteiger partial charge in [0, 0.05) is 17.0 Å². The van der Waals surface area contributed by atoms with Gasteiger partial charge in [0.15, 0.2) is 0 Å². The van der Waals surface area contributed by atoms with E-state index in [9.17, 15) is 14.9 Å². The van der Waals surface area contributed by atoms with Gasteiger partial charge in [0.05, 0.1) is 32.0 Å². The first-order valence-corrected chi connectivity index (χ1v) is 8.21. The maximum absolute atomic E-state index is 12.0. The zero-order valence-corrected chi connectivity index (χ0v) is 14.3. The molecule has 2 aromatic carbocycles. The molecule has 2 rings (SSSR count). The zero-order valence-electron chi connectivity index (χ0n) is 12.0. The maximum atomic E-state index is 12.0. The molecule has 0 saturated heterocycles. The number of benzene rings is 2. The lowest BCUT2D eigenvalue weighted by atomic mass is 10.1. The molecule has 6 nitrogen and oxygen atoms in total. The third-order valence-corrected chi connectivity index (χ3v) is 4.86. The van der Waals surface area contributed by atoms with Crippen molar-refractivity contribution in [2.24, 2.45) is 0 Å². The van der Waals surface area contributed by atoms with Crippen LogP contribution >= 0.6 is 35.0 Å². The van der Waals surface area contributed by atoms with Gasteiger partial charge in [-0.25, -0.2) is 0 Å². The molecular formula is C15H9Cl2N3O3S. The number of non-ortho nitro benzene ring substituents is 1. The van der Waals surface area contributed by atoms with Crippen LogP contribution in [0.3, 0.4) is 0 Å². The highest BCUT2D eigenvalue weighted by Crippen LogP contribution is 2.33. The Bertz CT molecular complexity index is 832. The summed E-state index contributed by atoms with van der Waals surface area (Å²) >= 11 is 13.2. The third-order valence-electron chi connectivity index (χ3n) is 2.88. The molecule has 1 amide bonds. The van der Waals surface area contributed by atoms with E-state index in [2.05, 4.69) is 5.32 Å². The van der Waals surface area contributed by atoms with E-state index in [4.69, 9.17) is 28.5 Å². The van der Waals surface area contributed by atoms with Gasteiger partial charge in [-0.2, -0.15) is 5.26 Å². The first kappa shape index (κ1) is 18.1. The predicted octanol–water partition coefficient (Wildman–Crippen LogP) is 4.50. The Kier molecular flexibility index (Phi) is 6.04. The van der Waals surface area contributed by atoms with Crippen LogP contribution in [0, 0.1) is 21.4 Å². The summed E-state index contributed by atoms with van der Waals surface area (Å²) in [5.41, 5.74) is -0.000875. The minimum absolute atomic E-state index is 0.0123. The zero-order chi connectivity index (χ0) is 17.7. The van der Waals surface area contributed by atoms with Gasteiger partial charge >= 0.3 is 0 Å². The van der Waals surface area contributed by atoms with E-state index in [0.29, 0.717) is 14.9 Å². The lowest BCUT2D eigenvalue weighted by Gasteiger charge is -2.08. The third kappa shape index (κ3) is 4.38. The minimum Gasteiger partial charge on any atom is -0.324 e. The molecule has 0 heterocycles. The van der Waals surface area contributed by atoms with Crippen LogP contribution in [0.4, 0.5) is 11.4 Å². The lowest BCUT2D eigenvalue weighted by Crippen LogP contribution is -2.15. The molecule has 1 N–H and O–H groups in total. The van der Waals surface area contributed by atoms with E-state index in [0.717, 1.165) is 17.8 Å². The number of nitrogens with one attached hydrogen (secondary N) is 1. The highest BCUT2D eigenvalue weighted by Gasteiger charge is 2.14. The highest BCUT2D eigenvalue weighted by atomic mass is 35.5. The number of rotatable bonds is 5. The molecule has 0 fully saturated rings. The summed E-state index contributed by atoms with van der Waals surface area (Å²) in [6.45, 7) is 0. The van der Waals surface area contributed by atoms with E-state index in [1.54, 1.807) is 18.2 Å². The van der Waals surface area contributed by atoms with Gasteiger partial charge in [-0.15, -0.1) is 11.8 Å². The number of amides is 1. The van der Waals surface area contributed by atoms with E-state index in [1.807, 2.05) is 6.07 Å². The number of hydrogen-bond acceptors (Lipinski definition) is 5. The van der Waals surface area contributed by atoms with Crippen molar-refractivity contribution in [1.82, 2.24) is 0 Å². The summed E-state index contributed by atoms with van der Waals surface area (Å²) in [6.07, 6.45) is 0. The Morgan fingerprint density at radius 2 is 1.96 bits per heavy atom. The Morgan fingerprint density at radius 3 is 2.54 bits per heavy atom. The maximum Gasteiger partial charge on any atom is 0.270 e. The number of nitriles is 1. The lowest BCUT2D eigenvalue weighted by molar-refractivity contribution is -0.384. The minimum atomic E-state index is -0.609. The largest absolute Gasteiger partial charge is 0.324 e. The highest BCUT2D eigenvalue weighted by molar-refractivity contribution is 8.00. The molecule has 9 heteroatoms. The number of nitro benzene ring substituents is 1. The second-order valence-corrected chi connectivity index (χ2v) is 6.29. The molecule has 0 aliphatic carbocycles. The quantitative estimate of drug-likeness (QED) is 0.467. The number of nitro groups is 1. The molecule has 0 spiro atoms. The summed E-state index contributed by atoms with van der Waals surface area (Å²) in [6, 6.07) is 10.5. The standard InChI is InChI=1S/C15H9Cl2N3O3S/c16-11-2-1-3-12(17)15(11)24-8-14(21)19-13-5-4-10(20(22)23)6-9(13)7-18/h1-6H,8H2,(H,19,21). The molecule has 0 atom stereocenters. The van der Waals surface area contributed by atoms with Crippen LogP contribution in [-0.4, -0.2) is 16.6 Å². The van der Waals surface area contributed by atoms with Crippen molar-refractivity contribution in [2.45, 2.75) is 4.90 Å². The Morgan fingerprint density at radius 1 is 1.29 bits per heavy atom. The van der Waals surface area contributed by atoms with Gasteiger partial charge in [-0.1, -0.05) is 29.3 Å². The van der Waals surface area contributed by atoms with Crippen LogP contribution in [0.25, 0.3) is 0 Å². The summed E-state index contributed by atoms with van der Waals surface area (Å²) in [5, 5.41) is 23.2. The molecule has 24 heavy (non-hydrogen) atoms. The first-order chi connectivity index (χ1) is 11.4. The molecule has 0 aliphatic heterocycles. The second kappa shape index (κ2) is 8.02. The summed E-state index contributed by atoms with van der Waals surface area (Å²) < 4.78 is 0. The van der Waals surface area contributed by atoms with Crippen LogP contribution in [0.5, 0.6) is 0 Å². The number of carbonyl (C=O) groups is 1. The van der Waals surface area contributed by atoms with Crippen molar-refractivity contribution in [3.05, 3.63) is 62.1 Å². The number of thioether (sulfide) groups is 1. The summed E-state index contributed by atoms with van der Waals surface area (Å²) in [4.78, 5) is 22.7. The number of anilines is 1. The fourth-order valence-electron chi connectivity index (χ4n) is 1.79. The summed E-state index contributed by atoms with van der Waals surface area (Å²) in [7, 11) is 0. The number of nitrogens with zero attached hydrogens (tertiary/aromatic N) is 2. The van der Waals surface area contributed by atoms with E-state index >= 15 is 0 Å². The SMILES string of the molecule is N#Cc1cc([N+](=O)[O-])ccc1NC(=O)CSc1c(Cl)cccc1Cl. The van der Waals surface area contributed by atoms with Crippen molar-refractivity contribution < 1.29 is 9.72 Å². The van der Waals surface area contributed by atoms with Crippen molar-refractivity contribution in [2.75, 3.05) is 11.1 Å². The van der Waals surface area contributed by atoms with Crippen LogP contribution in [0.2, 0.25) is 10.0 Å². The molecule has 0 bridgehead atoms. The molecule has 2 aromatic rings. The van der Waals surface area contributed by atoms with Crippen molar-refractivity contribution in [3.8, 4) is 6.07 Å². The number of hydrogen-bond donors (Lipinski definition) is 1. The van der Waals surface area contributed by atoms with Crippen LogP contribution in [0.1, 0.15) is 5.56 Å². The number of carbonyl (C=O) groups excluding carboxylic acids is 1. The van der Waals surface area contributed by atoms with Gasteiger partial charge in [-0.05, 0) is 18.2 Å². The van der Waals surface area contributed by atoms with Crippen LogP contribution in [-0.2, 0) is 4.79 Å². The molecule has 0 radical (unpaired) electrons. The van der Waals surface area contributed by atoms with Gasteiger partial charge in [0.2, 0.25) is 5.91 Å². The first-order valence-electron chi connectivity index (χ1n) is 6.47. The van der Waals surface area contributed by atoms with Gasteiger partial charge in [0.25, 0.3) is 5.69 Å². The monoisotopic (exact) mass is 381 g/mol. The Balaban J connectivity index is 2.08. The van der Waals surface area contributed by atoms with Crippen molar-refractivity contribution in [3.63, 3.8) is 0 Å². The molecule has 0 aliphatic rings. The van der Waals surface area contributed by atoms with Gasteiger partial charge in [0.1, 0.15) is 6.07 Å². The second-order valence-electron chi connectivity index (χ2n) is 4.49. The van der Waals surface area contributed by atoms with E-state index < -0.39 is 4.92 Å². The van der Waals surface area contributed by atoms with E-state index in [1.165, 1.54) is 12.1 Å². The average Bonchev–Trinajstić information content (AvgIpc) is 2.54. The van der Waals surface area contributed by atoms with Crippen molar-refractivity contribution >= 4 is 52.2 Å². The molecule has 0 unspecified atom stereocenters. The van der Waals surface area contributed by atoms with Crippen LogP contribution < -0.4 is 5.32 Å². The Labute approximate surface area is 151 Å². The topological polar surface area (TPSA) is 96.0 Å². The number of halogens is 2. The fourth-order valence-corrected chi connectivity index (χ4v) is 3.28. The smallest absolute Gasteiger partial charge is 0.270 e. The van der Waals surface area contributed by atoms with E-state index in [-0.39, 0.29) is 28.6 Å². The van der Waals surface area contributed by atoms with Gasteiger partial charge in [-0.3, -0.25) is 14.9 Å². The molecule has 122 valence electrons. The summed E-state index contributed by atoms with van der Waals surface area (Å²) in [5.74, 6) is -0.368. The Hall–Kier alpha value is -2.27. The average molecular weight is 382 g/mol. The van der Waals surface area contributed by atoms with Crippen LogP contribution in [0.15, 0.2) is 41.3 Å². The molecular weight excluding hydrogens is 373 g/mol. The van der Waals surface area contributed by atoms with Crippen molar-refractivity contribution in [1.29, 1.82) is 5.26 Å². The molecule has 0 saturated carbocycles. The van der Waals surface area contributed by atoms with Gasteiger partial charge < -0.3 is 5.32 Å². The molecule has 0 aromatic heterocycles. The fraction of sp³-hybridized carbons (Fsp3) is 0.0667.